The molecule has 0 amide bonds. The number of nitrogens with one attached hydrogen (secondary N) is 2. The Morgan fingerprint density at radius 1 is 0.960 bits per heavy atom. The minimum absolute atomic E-state index is 0.349. The smallest absolute Gasteiger partial charge is 0.253 e. The molecule has 1 heterocycles. The number of benzene rings is 1. The average molecular weight is 337 g/mol. The summed E-state index contributed by atoms with van der Waals surface area (Å²) in [7, 11) is 1.63. The van der Waals surface area contributed by atoms with E-state index < -0.39 is 10.9 Å². The molecule has 25 heavy (non-hydrogen) atoms. The molecule has 1 aromatic heterocycles. The van der Waals surface area contributed by atoms with E-state index in [1.54, 1.807) is 19.5 Å². The van der Waals surface area contributed by atoms with Crippen LogP contribution in [0.5, 0.6) is 5.75 Å². The van der Waals surface area contributed by atoms with Gasteiger partial charge in [0.2, 0.25) is 0 Å². The molecule has 0 fully saturated rings. The lowest BCUT2D eigenvalue weighted by Gasteiger charge is -2.15. The third-order valence-electron chi connectivity index (χ3n) is 4.02. The topological polar surface area (TPSA) is 80.3 Å². The van der Waals surface area contributed by atoms with E-state index in [1.807, 2.05) is 36.4 Å². The van der Waals surface area contributed by atoms with Gasteiger partial charge in [0.25, 0.3) is 10.9 Å². The Balaban J connectivity index is 1.61. The zero-order chi connectivity index (χ0) is 17.6. The molecule has 0 bridgehead atoms. The molecule has 0 saturated heterocycles. The van der Waals surface area contributed by atoms with Gasteiger partial charge >= 0.3 is 0 Å². The van der Waals surface area contributed by atoms with Gasteiger partial charge in [0.15, 0.2) is 0 Å². The van der Waals surface area contributed by atoms with E-state index in [1.165, 1.54) is 0 Å². The van der Waals surface area contributed by atoms with Crippen LogP contribution in [0.2, 0.25) is 0 Å². The molecule has 2 N–H and O–H groups in total. The second-order valence-electron chi connectivity index (χ2n) is 5.61. The molecule has 6 heteroatoms. The molecule has 0 radical (unpaired) electrons. The number of anilines is 2. The second kappa shape index (κ2) is 7.61. The van der Waals surface area contributed by atoms with E-state index in [4.69, 9.17) is 4.74 Å². The second-order valence-corrected chi connectivity index (χ2v) is 5.61. The van der Waals surface area contributed by atoms with Crippen LogP contribution in [-0.4, -0.2) is 18.6 Å². The minimum Gasteiger partial charge on any atom is -0.496 e. The van der Waals surface area contributed by atoms with Crippen LogP contribution < -0.4 is 26.2 Å². The quantitative estimate of drug-likeness (QED) is 0.612. The average Bonchev–Trinajstić information content (AvgIpc) is 2.67. The van der Waals surface area contributed by atoms with Gasteiger partial charge in [0, 0.05) is 25.5 Å². The Hall–Kier alpha value is -3.15. The number of hydrogen-bond donors (Lipinski definition) is 2. The SMILES string of the molecule is COc1ccccc1CCNc1c(NCc2ccncc2)c(=O)c1=O. The van der Waals surface area contributed by atoms with Gasteiger partial charge in [-0.15, -0.1) is 0 Å². The summed E-state index contributed by atoms with van der Waals surface area (Å²) in [5, 5.41) is 6.10. The molecule has 128 valence electrons. The minimum atomic E-state index is -0.478. The standard InChI is InChI=1S/C19H19N3O3/c1-25-15-5-3-2-4-14(15)8-11-21-16-17(19(24)18(16)23)22-12-13-6-9-20-10-7-13/h2-7,9-10,21-22H,8,11-12H2,1H3. The fourth-order valence-corrected chi connectivity index (χ4v) is 2.65. The van der Waals surface area contributed by atoms with Crippen molar-refractivity contribution in [2.24, 2.45) is 0 Å². The number of nitrogens with zero attached hydrogens (tertiary/aromatic N) is 1. The predicted molar refractivity (Wildman–Crippen MR) is 98.1 cm³/mol. The Bertz CT molecular complexity index is 915. The summed E-state index contributed by atoms with van der Waals surface area (Å²) in [5.74, 6) is 0.810. The lowest BCUT2D eigenvalue weighted by Crippen LogP contribution is -2.37. The van der Waals surface area contributed by atoms with Crippen LogP contribution in [0, 0.1) is 0 Å². The maximum atomic E-state index is 11.8. The van der Waals surface area contributed by atoms with Crippen molar-refractivity contribution in [2.45, 2.75) is 13.0 Å². The van der Waals surface area contributed by atoms with Crippen LogP contribution in [0.25, 0.3) is 0 Å². The summed E-state index contributed by atoms with van der Waals surface area (Å²) in [4.78, 5) is 27.5. The molecular weight excluding hydrogens is 318 g/mol. The number of ether oxygens (including phenoxy) is 1. The fraction of sp³-hybridized carbons (Fsp3) is 0.211. The normalized spacial score (nSPS) is 10.6. The Morgan fingerprint density at radius 3 is 2.36 bits per heavy atom. The van der Waals surface area contributed by atoms with E-state index in [2.05, 4.69) is 15.6 Å². The first-order valence-corrected chi connectivity index (χ1v) is 8.02. The molecule has 3 aromatic rings. The molecule has 0 atom stereocenters. The Kier molecular flexibility index (Phi) is 5.09. The number of pyridine rings is 1. The van der Waals surface area contributed by atoms with Crippen molar-refractivity contribution in [3.63, 3.8) is 0 Å². The molecule has 0 aliphatic rings. The van der Waals surface area contributed by atoms with Gasteiger partial charge in [-0.1, -0.05) is 18.2 Å². The maximum Gasteiger partial charge on any atom is 0.253 e. The highest BCUT2D eigenvalue weighted by Gasteiger charge is 2.20. The first-order valence-electron chi connectivity index (χ1n) is 8.02. The van der Waals surface area contributed by atoms with E-state index in [-0.39, 0.29) is 0 Å². The highest BCUT2D eigenvalue weighted by molar-refractivity contribution is 5.74. The number of para-hydroxylation sites is 1. The zero-order valence-corrected chi connectivity index (χ0v) is 13.9. The predicted octanol–water partition coefficient (Wildman–Crippen LogP) is 1.95. The molecule has 0 saturated carbocycles. The largest absolute Gasteiger partial charge is 0.496 e. The lowest BCUT2D eigenvalue weighted by atomic mass is 10.1. The molecule has 2 aromatic carbocycles. The van der Waals surface area contributed by atoms with Crippen molar-refractivity contribution in [3.8, 4) is 5.75 Å². The van der Waals surface area contributed by atoms with Crippen LogP contribution in [0.3, 0.4) is 0 Å². The lowest BCUT2D eigenvalue weighted by molar-refractivity contribution is 0.410. The van der Waals surface area contributed by atoms with Gasteiger partial charge in [0.1, 0.15) is 17.1 Å². The monoisotopic (exact) mass is 337 g/mol. The molecular formula is C19H19N3O3. The highest BCUT2D eigenvalue weighted by Crippen LogP contribution is 2.19. The van der Waals surface area contributed by atoms with Crippen molar-refractivity contribution in [3.05, 3.63) is 80.4 Å². The molecule has 0 aliphatic carbocycles. The van der Waals surface area contributed by atoms with Gasteiger partial charge in [-0.3, -0.25) is 14.6 Å². The van der Waals surface area contributed by atoms with Gasteiger partial charge in [-0.2, -0.15) is 0 Å². The summed E-state index contributed by atoms with van der Waals surface area (Å²) in [5.41, 5.74) is 1.78. The molecule has 3 rings (SSSR count). The van der Waals surface area contributed by atoms with Crippen LogP contribution in [0.15, 0.2) is 58.4 Å². The van der Waals surface area contributed by atoms with Crippen molar-refractivity contribution < 1.29 is 4.74 Å². The van der Waals surface area contributed by atoms with Crippen LogP contribution in [0.1, 0.15) is 11.1 Å². The summed E-state index contributed by atoms with van der Waals surface area (Å²) in [6, 6.07) is 11.4. The van der Waals surface area contributed by atoms with Crippen molar-refractivity contribution >= 4 is 11.4 Å². The Labute approximate surface area is 145 Å². The fourth-order valence-electron chi connectivity index (χ4n) is 2.65. The van der Waals surface area contributed by atoms with E-state index >= 15 is 0 Å². The number of rotatable bonds is 8. The number of aromatic nitrogens is 1. The van der Waals surface area contributed by atoms with E-state index in [0.29, 0.717) is 30.9 Å². The first-order chi connectivity index (χ1) is 12.2. The van der Waals surface area contributed by atoms with Crippen molar-refractivity contribution in [1.82, 2.24) is 4.98 Å². The molecule has 6 nitrogen and oxygen atoms in total. The highest BCUT2D eigenvalue weighted by atomic mass is 16.5. The van der Waals surface area contributed by atoms with Crippen molar-refractivity contribution in [1.29, 1.82) is 0 Å². The number of methoxy groups -OCH3 is 1. The summed E-state index contributed by atoms with van der Waals surface area (Å²) in [6.07, 6.45) is 4.06. The summed E-state index contributed by atoms with van der Waals surface area (Å²) >= 11 is 0. The third-order valence-corrected chi connectivity index (χ3v) is 4.02. The van der Waals surface area contributed by atoms with Gasteiger partial charge in [0.05, 0.1) is 7.11 Å². The van der Waals surface area contributed by atoms with Crippen molar-refractivity contribution in [2.75, 3.05) is 24.3 Å². The van der Waals surface area contributed by atoms with E-state index in [0.717, 1.165) is 16.9 Å². The molecule has 0 aliphatic heterocycles. The summed E-state index contributed by atoms with van der Waals surface area (Å²) in [6.45, 7) is 1.00. The maximum absolute atomic E-state index is 11.8. The van der Waals surface area contributed by atoms with Crippen LogP contribution >= 0.6 is 0 Å². The zero-order valence-electron chi connectivity index (χ0n) is 13.9. The van der Waals surface area contributed by atoms with Crippen LogP contribution in [-0.2, 0) is 13.0 Å². The first kappa shape index (κ1) is 16.7. The van der Waals surface area contributed by atoms with E-state index in [9.17, 15) is 9.59 Å². The molecule has 0 unspecified atom stereocenters. The van der Waals surface area contributed by atoms with Gasteiger partial charge in [-0.25, -0.2) is 0 Å². The summed E-state index contributed by atoms with van der Waals surface area (Å²) < 4.78 is 5.31. The molecule has 0 spiro atoms. The number of hydrogen-bond acceptors (Lipinski definition) is 6. The Morgan fingerprint density at radius 2 is 1.64 bits per heavy atom. The van der Waals surface area contributed by atoms with Gasteiger partial charge < -0.3 is 15.4 Å². The third kappa shape index (κ3) is 3.68. The van der Waals surface area contributed by atoms with Gasteiger partial charge in [-0.05, 0) is 35.7 Å². The van der Waals surface area contributed by atoms with Crippen LogP contribution in [0.4, 0.5) is 11.4 Å².